The Hall–Kier alpha value is -0.760. The third-order valence-corrected chi connectivity index (χ3v) is 3.34. The molecule has 0 spiro atoms. The number of hydrogen-bond acceptors (Lipinski definition) is 2. The number of hydrogen-bond donors (Lipinski definition) is 0. The third kappa shape index (κ3) is 2.61. The molecule has 78 valence electrons. The minimum Gasteiger partial charge on any atom is -0.369 e. The molecule has 0 bridgehead atoms. The van der Waals surface area contributed by atoms with Crippen molar-refractivity contribution < 1.29 is 0 Å². The van der Waals surface area contributed by atoms with Gasteiger partial charge in [-0.25, -0.2) is 0 Å². The van der Waals surface area contributed by atoms with Gasteiger partial charge in [-0.05, 0) is 23.8 Å². The number of allylic oxidation sites excluding steroid dienone is 1. The normalized spacial score (nSPS) is 11.6. The van der Waals surface area contributed by atoms with Crippen LogP contribution >= 0.6 is 11.3 Å². The van der Waals surface area contributed by atoms with Gasteiger partial charge in [-0.2, -0.15) is 0 Å². The molecule has 0 aliphatic rings. The highest BCUT2D eigenvalue weighted by atomic mass is 32.1. The van der Waals surface area contributed by atoms with Gasteiger partial charge in [0, 0.05) is 19.7 Å². The molecule has 1 heterocycles. The van der Waals surface area contributed by atoms with Crippen molar-refractivity contribution in [2.75, 3.05) is 19.0 Å². The molecule has 14 heavy (non-hydrogen) atoms. The highest BCUT2D eigenvalue weighted by Crippen LogP contribution is 2.31. The molecule has 0 saturated carbocycles. The molecule has 0 N–H and O–H groups in total. The number of rotatable bonds is 3. The summed E-state index contributed by atoms with van der Waals surface area (Å²) in [4.78, 5) is 2.18. The first-order chi connectivity index (χ1) is 6.52. The summed E-state index contributed by atoms with van der Waals surface area (Å²) in [6.07, 6.45) is 4.49. The molecule has 0 unspecified atom stereocenters. The summed E-state index contributed by atoms with van der Waals surface area (Å²) in [5.41, 5.74) is 2.74. The van der Waals surface area contributed by atoms with Gasteiger partial charge < -0.3 is 4.90 Å². The van der Waals surface area contributed by atoms with Crippen molar-refractivity contribution in [3.63, 3.8) is 0 Å². The molecule has 0 atom stereocenters. The third-order valence-electron chi connectivity index (χ3n) is 2.06. The molecule has 1 aromatic rings. The molecular weight excluding hydrogens is 190 g/mol. The lowest BCUT2D eigenvalue weighted by atomic mass is 10.1. The van der Waals surface area contributed by atoms with Gasteiger partial charge in [0.1, 0.15) is 0 Å². The number of anilines is 1. The van der Waals surface area contributed by atoms with E-state index in [0.29, 0.717) is 5.92 Å². The molecule has 1 nitrogen and oxygen atoms in total. The molecular formula is C12H19NS. The van der Waals surface area contributed by atoms with E-state index < -0.39 is 0 Å². The first-order valence-electron chi connectivity index (χ1n) is 4.96. The van der Waals surface area contributed by atoms with E-state index in [0.717, 1.165) is 0 Å². The molecule has 0 fully saturated rings. The minimum atomic E-state index is 0.615. The van der Waals surface area contributed by atoms with Crippen LogP contribution < -0.4 is 4.90 Å². The zero-order valence-corrected chi connectivity index (χ0v) is 10.5. The topological polar surface area (TPSA) is 3.24 Å². The second kappa shape index (κ2) is 4.65. The van der Waals surface area contributed by atoms with Crippen molar-refractivity contribution in [1.82, 2.24) is 0 Å². The van der Waals surface area contributed by atoms with Crippen molar-refractivity contribution in [2.45, 2.75) is 20.8 Å². The predicted molar refractivity (Wildman–Crippen MR) is 67.3 cm³/mol. The average molecular weight is 209 g/mol. The van der Waals surface area contributed by atoms with Crippen LogP contribution in [0.3, 0.4) is 0 Å². The lowest BCUT2D eigenvalue weighted by molar-refractivity contribution is 0.836. The van der Waals surface area contributed by atoms with E-state index in [1.165, 1.54) is 16.1 Å². The standard InChI is InChI=1S/C12H19NS/c1-9(2)6-7-11-10(3)8-14-12(11)13(4)5/h6-9H,1-5H3. The van der Waals surface area contributed by atoms with Crippen LogP contribution in [0.4, 0.5) is 5.00 Å². The summed E-state index contributed by atoms with van der Waals surface area (Å²) in [5, 5.41) is 3.56. The lowest BCUT2D eigenvalue weighted by Gasteiger charge is -2.11. The molecule has 0 saturated heterocycles. The van der Waals surface area contributed by atoms with Gasteiger partial charge in [0.2, 0.25) is 0 Å². The van der Waals surface area contributed by atoms with E-state index in [2.05, 4.69) is 57.3 Å². The van der Waals surface area contributed by atoms with Gasteiger partial charge >= 0.3 is 0 Å². The van der Waals surface area contributed by atoms with Gasteiger partial charge in [0.15, 0.2) is 0 Å². The van der Waals surface area contributed by atoms with Crippen LogP contribution in [0, 0.1) is 12.8 Å². The first-order valence-corrected chi connectivity index (χ1v) is 5.84. The smallest absolute Gasteiger partial charge is 0.0979 e. The Bertz CT molecular complexity index is 321. The molecule has 0 aliphatic heterocycles. The number of thiophene rings is 1. The second-order valence-electron chi connectivity index (χ2n) is 4.14. The van der Waals surface area contributed by atoms with Crippen LogP contribution in [0.5, 0.6) is 0 Å². The van der Waals surface area contributed by atoms with E-state index in [-0.39, 0.29) is 0 Å². The highest BCUT2D eigenvalue weighted by Gasteiger charge is 2.07. The van der Waals surface area contributed by atoms with Crippen LogP contribution in [0.15, 0.2) is 11.5 Å². The Balaban J connectivity index is 2.99. The zero-order valence-electron chi connectivity index (χ0n) is 9.66. The molecule has 1 rings (SSSR count). The van der Waals surface area contributed by atoms with E-state index in [9.17, 15) is 0 Å². The first kappa shape index (κ1) is 11.3. The molecule has 0 radical (unpaired) electrons. The van der Waals surface area contributed by atoms with E-state index in [1.54, 1.807) is 0 Å². The van der Waals surface area contributed by atoms with E-state index in [4.69, 9.17) is 0 Å². The monoisotopic (exact) mass is 209 g/mol. The molecule has 1 aromatic heterocycles. The highest BCUT2D eigenvalue weighted by molar-refractivity contribution is 7.14. The Morgan fingerprint density at radius 2 is 2.00 bits per heavy atom. The largest absolute Gasteiger partial charge is 0.369 e. The van der Waals surface area contributed by atoms with Crippen LogP contribution in [0.25, 0.3) is 6.08 Å². The molecule has 0 aliphatic carbocycles. The maximum absolute atomic E-state index is 2.25. The molecule has 0 amide bonds. The Morgan fingerprint density at radius 3 is 2.50 bits per heavy atom. The fourth-order valence-electron chi connectivity index (χ4n) is 1.28. The van der Waals surface area contributed by atoms with E-state index >= 15 is 0 Å². The maximum Gasteiger partial charge on any atom is 0.0979 e. The van der Waals surface area contributed by atoms with Crippen LogP contribution in [0.1, 0.15) is 25.0 Å². The molecule has 0 aromatic carbocycles. The van der Waals surface area contributed by atoms with Crippen LogP contribution in [-0.4, -0.2) is 14.1 Å². The van der Waals surface area contributed by atoms with Crippen LogP contribution in [-0.2, 0) is 0 Å². The van der Waals surface area contributed by atoms with Gasteiger partial charge in [-0.3, -0.25) is 0 Å². The summed E-state index contributed by atoms with van der Waals surface area (Å²) < 4.78 is 0. The summed E-state index contributed by atoms with van der Waals surface area (Å²) in [6.45, 7) is 6.57. The summed E-state index contributed by atoms with van der Waals surface area (Å²) in [5.74, 6) is 0.615. The summed E-state index contributed by atoms with van der Waals surface area (Å²) in [7, 11) is 4.19. The number of aryl methyl sites for hydroxylation is 1. The fraction of sp³-hybridized carbons (Fsp3) is 0.500. The molecule has 2 heteroatoms. The second-order valence-corrected chi connectivity index (χ2v) is 4.99. The van der Waals surface area contributed by atoms with Gasteiger partial charge in [-0.1, -0.05) is 26.0 Å². The lowest BCUT2D eigenvalue weighted by Crippen LogP contribution is -2.07. The number of nitrogens with zero attached hydrogens (tertiary/aromatic N) is 1. The Morgan fingerprint density at radius 1 is 1.36 bits per heavy atom. The van der Waals surface area contributed by atoms with E-state index in [1.807, 2.05) is 11.3 Å². The van der Waals surface area contributed by atoms with Crippen molar-refractivity contribution in [1.29, 1.82) is 0 Å². The van der Waals surface area contributed by atoms with Gasteiger partial charge in [0.05, 0.1) is 5.00 Å². The summed E-state index contributed by atoms with van der Waals surface area (Å²) in [6, 6.07) is 0. The minimum absolute atomic E-state index is 0.615. The van der Waals surface area contributed by atoms with Crippen molar-refractivity contribution >= 4 is 22.4 Å². The predicted octanol–water partition coefficient (Wildman–Crippen LogP) is 3.79. The quantitative estimate of drug-likeness (QED) is 0.732. The van der Waals surface area contributed by atoms with Crippen molar-refractivity contribution in [3.05, 3.63) is 22.6 Å². The van der Waals surface area contributed by atoms with Crippen molar-refractivity contribution in [3.8, 4) is 0 Å². The zero-order chi connectivity index (χ0) is 10.7. The SMILES string of the molecule is Cc1csc(N(C)C)c1C=CC(C)C. The maximum atomic E-state index is 2.25. The Kier molecular flexibility index (Phi) is 3.76. The fourth-order valence-corrected chi connectivity index (χ4v) is 2.26. The van der Waals surface area contributed by atoms with Gasteiger partial charge in [0.25, 0.3) is 0 Å². The van der Waals surface area contributed by atoms with Crippen LogP contribution in [0.2, 0.25) is 0 Å². The average Bonchev–Trinajstić information content (AvgIpc) is 2.43. The van der Waals surface area contributed by atoms with Gasteiger partial charge in [-0.15, -0.1) is 11.3 Å². The summed E-state index contributed by atoms with van der Waals surface area (Å²) >= 11 is 1.81. The Labute approximate surface area is 91.1 Å². The van der Waals surface area contributed by atoms with Crippen molar-refractivity contribution in [2.24, 2.45) is 5.92 Å².